The molecular weight excluding hydrogens is 371 g/mol. The van der Waals surface area contributed by atoms with E-state index in [-0.39, 0.29) is 31.4 Å². The van der Waals surface area contributed by atoms with Gasteiger partial charge in [0.25, 0.3) is 0 Å². The number of ether oxygens (including phenoxy) is 1. The molecule has 3 aromatic rings. The fraction of sp³-hybridized carbons (Fsp3) is 0.143. The number of halogens is 2. The molecule has 0 radical (unpaired) electrons. The van der Waals surface area contributed by atoms with Crippen molar-refractivity contribution in [2.45, 2.75) is 19.8 Å². The van der Waals surface area contributed by atoms with E-state index in [1.165, 1.54) is 12.1 Å². The predicted molar refractivity (Wildman–Crippen MR) is 102 cm³/mol. The molecule has 0 aliphatic carbocycles. The molecule has 3 N–H and O–H groups in total. The number of phenolic OH excluding ortho intramolecular Hbond substituents is 1. The van der Waals surface area contributed by atoms with E-state index < -0.39 is 0 Å². The Kier molecular flexibility index (Phi) is 8.07. The van der Waals surface area contributed by atoms with Gasteiger partial charge in [0.05, 0.1) is 18.2 Å². The first-order chi connectivity index (χ1) is 13.0. The smallest absolute Gasteiger partial charge is 0.131 e. The highest BCUT2D eigenvalue weighted by Crippen LogP contribution is 2.22. The van der Waals surface area contributed by atoms with Crippen LogP contribution in [0.1, 0.15) is 16.7 Å². The van der Waals surface area contributed by atoms with Crippen LogP contribution in [0.25, 0.3) is 0 Å². The van der Waals surface area contributed by atoms with Crippen molar-refractivity contribution in [3.05, 3.63) is 94.3 Å². The van der Waals surface area contributed by atoms with Crippen LogP contribution in [0.3, 0.4) is 0 Å². The average molecular weight is 391 g/mol. The van der Waals surface area contributed by atoms with Gasteiger partial charge >= 0.3 is 0 Å². The fourth-order valence-electron chi connectivity index (χ4n) is 2.21. The second-order valence-corrected chi connectivity index (χ2v) is 6.03. The molecule has 0 spiro atoms. The lowest BCUT2D eigenvalue weighted by atomic mass is 10.2. The molecule has 0 saturated heterocycles. The van der Waals surface area contributed by atoms with Crippen LogP contribution in [0.2, 0.25) is 5.02 Å². The number of aromatic hydroxyl groups is 1. The van der Waals surface area contributed by atoms with E-state index in [0.717, 1.165) is 11.1 Å². The van der Waals surface area contributed by atoms with Crippen molar-refractivity contribution in [1.29, 1.82) is 0 Å². The van der Waals surface area contributed by atoms with E-state index in [4.69, 9.17) is 31.7 Å². The summed E-state index contributed by atoms with van der Waals surface area (Å²) in [7, 11) is 0. The minimum Gasteiger partial charge on any atom is -0.508 e. The zero-order valence-corrected chi connectivity index (χ0v) is 15.2. The summed E-state index contributed by atoms with van der Waals surface area (Å²) in [5.41, 5.74) is 1.80. The van der Waals surface area contributed by atoms with Crippen molar-refractivity contribution in [2.24, 2.45) is 0 Å². The van der Waals surface area contributed by atoms with Gasteiger partial charge in [-0.05, 0) is 47.5 Å². The van der Waals surface area contributed by atoms with E-state index >= 15 is 0 Å². The Balaban J connectivity index is 0.000000244. The van der Waals surface area contributed by atoms with Crippen LogP contribution in [0.5, 0.6) is 11.5 Å². The monoisotopic (exact) mass is 390 g/mol. The molecule has 0 unspecified atom stereocenters. The van der Waals surface area contributed by atoms with Crippen LogP contribution in [0, 0.1) is 5.82 Å². The van der Waals surface area contributed by atoms with Crippen LogP contribution in [-0.4, -0.2) is 15.3 Å². The summed E-state index contributed by atoms with van der Waals surface area (Å²) in [6.45, 7) is -0.0214. The third kappa shape index (κ3) is 6.57. The van der Waals surface area contributed by atoms with Gasteiger partial charge in [-0.2, -0.15) is 0 Å². The Morgan fingerprint density at radius 2 is 1.48 bits per heavy atom. The molecule has 0 aliphatic heterocycles. The molecule has 4 nitrogen and oxygen atoms in total. The van der Waals surface area contributed by atoms with Gasteiger partial charge in [-0.3, -0.25) is 0 Å². The number of benzene rings is 3. The first-order valence-corrected chi connectivity index (χ1v) is 8.55. The molecule has 0 aromatic heterocycles. The molecule has 0 saturated carbocycles. The summed E-state index contributed by atoms with van der Waals surface area (Å²) >= 11 is 5.89. The molecule has 0 heterocycles. The van der Waals surface area contributed by atoms with Crippen molar-refractivity contribution in [3.63, 3.8) is 0 Å². The van der Waals surface area contributed by atoms with Gasteiger partial charge in [0.1, 0.15) is 23.9 Å². The molecule has 6 heteroatoms. The maximum atomic E-state index is 13.5. The van der Waals surface area contributed by atoms with Crippen LogP contribution >= 0.6 is 11.6 Å². The maximum Gasteiger partial charge on any atom is 0.131 e. The zero-order chi connectivity index (χ0) is 19.6. The van der Waals surface area contributed by atoms with Crippen LogP contribution in [-0.2, 0) is 19.8 Å². The lowest BCUT2D eigenvalue weighted by Gasteiger charge is -2.09. The Labute approximate surface area is 162 Å². The minimum atomic E-state index is -0.388. The minimum absolute atomic E-state index is 0.0194. The maximum absolute atomic E-state index is 13.5. The average Bonchev–Trinajstić information content (AvgIpc) is 2.68. The molecule has 0 amide bonds. The summed E-state index contributed by atoms with van der Waals surface area (Å²) < 4.78 is 19.0. The van der Waals surface area contributed by atoms with Crippen LogP contribution in [0.4, 0.5) is 4.39 Å². The highest BCUT2D eigenvalue weighted by atomic mass is 35.5. The standard InChI is InChI=1S/C14H12ClFO2.C7H8O2/c15-13-5-2-6-14(16)12(13)9-18-11-4-1-3-10(7-11)8-17;8-5-6-2-1-3-7(9)4-6/h1-7,17H,8-9H2;1-4,8-9H,5H2. The van der Waals surface area contributed by atoms with Gasteiger partial charge in [0.15, 0.2) is 0 Å². The van der Waals surface area contributed by atoms with Crippen LogP contribution < -0.4 is 4.74 Å². The largest absolute Gasteiger partial charge is 0.508 e. The van der Waals surface area contributed by atoms with Crippen molar-refractivity contribution in [2.75, 3.05) is 0 Å². The van der Waals surface area contributed by atoms with E-state index in [1.807, 2.05) is 0 Å². The number of aliphatic hydroxyl groups excluding tert-OH is 2. The number of hydrogen-bond acceptors (Lipinski definition) is 4. The molecule has 142 valence electrons. The third-order valence-electron chi connectivity index (χ3n) is 3.62. The Hall–Kier alpha value is -2.60. The number of phenols is 1. The normalized spacial score (nSPS) is 10.1. The number of hydrogen-bond donors (Lipinski definition) is 3. The zero-order valence-electron chi connectivity index (χ0n) is 14.5. The summed E-state index contributed by atoms with van der Waals surface area (Å²) in [6, 6.07) is 18.0. The quantitative estimate of drug-likeness (QED) is 0.602. The number of rotatable bonds is 5. The van der Waals surface area contributed by atoms with Gasteiger partial charge in [-0.1, -0.05) is 41.9 Å². The topological polar surface area (TPSA) is 69.9 Å². The summed E-state index contributed by atoms with van der Waals surface area (Å²) in [6.07, 6.45) is 0. The van der Waals surface area contributed by atoms with Gasteiger partial charge in [0, 0.05) is 5.56 Å². The highest BCUT2D eigenvalue weighted by molar-refractivity contribution is 6.31. The summed E-state index contributed by atoms with van der Waals surface area (Å²) in [5.74, 6) is 0.378. The van der Waals surface area contributed by atoms with Gasteiger partial charge in [0.2, 0.25) is 0 Å². The van der Waals surface area contributed by atoms with Crippen molar-refractivity contribution in [3.8, 4) is 11.5 Å². The molecule has 27 heavy (non-hydrogen) atoms. The predicted octanol–water partition coefficient (Wildman–Crippen LogP) is 4.43. The fourth-order valence-corrected chi connectivity index (χ4v) is 2.43. The van der Waals surface area contributed by atoms with Crippen LogP contribution in [0.15, 0.2) is 66.7 Å². The molecular formula is C21H20ClFO4. The van der Waals surface area contributed by atoms with Crippen molar-refractivity contribution >= 4 is 11.6 Å². The molecule has 0 fully saturated rings. The van der Waals surface area contributed by atoms with E-state index in [1.54, 1.807) is 54.6 Å². The van der Waals surface area contributed by atoms with E-state index in [0.29, 0.717) is 16.3 Å². The molecule has 0 aliphatic rings. The lowest BCUT2D eigenvalue weighted by molar-refractivity contribution is 0.277. The van der Waals surface area contributed by atoms with Crippen molar-refractivity contribution in [1.82, 2.24) is 0 Å². The SMILES string of the molecule is OCc1cccc(O)c1.OCc1cccc(OCc2c(F)cccc2Cl)c1. The van der Waals surface area contributed by atoms with Crippen molar-refractivity contribution < 1.29 is 24.4 Å². The molecule has 0 atom stereocenters. The second-order valence-electron chi connectivity index (χ2n) is 5.62. The van der Waals surface area contributed by atoms with E-state index in [9.17, 15) is 4.39 Å². The highest BCUT2D eigenvalue weighted by Gasteiger charge is 2.07. The van der Waals surface area contributed by atoms with Gasteiger partial charge < -0.3 is 20.1 Å². The first-order valence-electron chi connectivity index (χ1n) is 8.17. The molecule has 0 bridgehead atoms. The summed E-state index contributed by atoms with van der Waals surface area (Å²) in [5, 5.41) is 26.7. The molecule has 3 rings (SSSR count). The second kappa shape index (κ2) is 10.5. The Morgan fingerprint density at radius 1 is 0.852 bits per heavy atom. The van der Waals surface area contributed by atoms with E-state index in [2.05, 4.69) is 0 Å². The Morgan fingerprint density at radius 3 is 2.07 bits per heavy atom. The summed E-state index contributed by atoms with van der Waals surface area (Å²) in [4.78, 5) is 0. The third-order valence-corrected chi connectivity index (χ3v) is 3.97. The first kappa shape index (κ1) is 20.7. The number of aliphatic hydroxyl groups is 2. The molecule has 3 aromatic carbocycles. The van der Waals surface area contributed by atoms with Gasteiger partial charge in [-0.25, -0.2) is 4.39 Å². The van der Waals surface area contributed by atoms with Gasteiger partial charge in [-0.15, -0.1) is 0 Å². The lowest BCUT2D eigenvalue weighted by Crippen LogP contribution is -1.99. The Bertz CT molecular complexity index is 850.